The fourth-order valence-corrected chi connectivity index (χ4v) is 2.54. The van der Waals surface area contributed by atoms with E-state index < -0.39 is 0 Å². The van der Waals surface area contributed by atoms with E-state index in [4.69, 9.17) is 4.52 Å². The van der Waals surface area contributed by atoms with E-state index >= 15 is 0 Å². The van der Waals surface area contributed by atoms with Gasteiger partial charge in [0.15, 0.2) is 5.82 Å². The summed E-state index contributed by atoms with van der Waals surface area (Å²) < 4.78 is 5.36. The zero-order valence-corrected chi connectivity index (χ0v) is 12.1. The fourth-order valence-electron chi connectivity index (χ4n) is 2.54. The van der Waals surface area contributed by atoms with Crippen molar-refractivity contribution in [3.8, 4) is 0 Å². The number of hydrogen-bond acceptors (Lipinski definition) is 5. The van der Waals surface area contributed by atoms with Crippen LogP contribution in [0.4, 0.5) is 0 Å². The Bertz CT molecular complexity index is 475. The van der Waals surface area contributed by atoms with Gasteiger partial charge in [-0.15, -0.1) is 0 Å². The molecule has 6 heteroatoms. The molecule has 0 aromatic carbocycles. The molecule has 1 aromatic rings. The Morgan fingerprint density at radius 3 is 2.80 bits per heavy atom. The Balaban J connectivity index is 1.68. The smallest absolute Gasteiger partial charge is 0.249 e. The molecular weight excluding hydrogens is 256 g/mol. The minimum absolute atomic E-state index is 0.0575. The maximum atomic E-state index is 12.2. The molecule has 2 N–H and O–H groups in total. The SMILES string of the molecule is CC(C)C(NC(=O)C1CCNC1)c1nc(C2CC2)no1. The standard InChI is InChI=1S/C14H22N4O2/c1-8(2)11(16-13(19)10-5-6-15-7-10)14-17-12(18-20-14)9-3-4-9/h8-11,15H,3-7H2,1-2H3,(H,16,19). The highest BCUT2D eigenvalue weighted by molar-refractivity contribution is 5.79. The van der Waals surface area contributed by atoms with Crippen molar-refractivity contribution in [1.29, 1.82) is 0 Å². The Morgan fingerprint density at radius 1 is 1.40 bits per heavy atom. The van der Waals surface area contributed by atoms with Gasteiger partial charge < -0.3 is 15.2 Å². The van der Waals surface area contributed by atoms with Crippen LogP contribution in [0.15, 0.2) is 4.52 Å². The molecular formula is C14H22N4O2. The predicted octanol–water partition coefficient (Wildman–Crippen LogP) is 1.37. The number of aromatic nitrogens is 2. The molecule has 1 aliphatic carbocycles. The van der Waals surface area contributed by atoms with Gasteiger partial charge in [-0.25, -0.2) is 0 Å². The van der Waals surface area contributed by atoms with Crippen LogP contribution in [-0.4, -0.2) is 29.1 Å². The molecule has 1 saturated carbocycles. The molecule has 1 aromatic heterocycles. The first-order valence-electron chi connectivity index (χ1n) is 7.49. The third kappa shape index (κ3) is 2.85. The van der Waals surface area contributed by atoms with Gasteiger partial charge in [-0.2, -0.15) is 4.98 Å². The number of carbonyl (C=O) groups excluding carboxylic acids is 1. The zero-order valence-electron chi connectivity index (χ0n) is 12.1. The van der Waals surface area contributed by atoms with Crippen LogP contribution in [0.2, 0.25) is 0 Å². The Labute approximate surface area is 118 Å². The number of hydrogen-bond donors (Lipinski definition) is 2. The van der Waals surface area contributed by atoms with Gasteiger partial charge in [0.1, 0.15) is 6.04 Å². The van der Waals surface area contributed by atoms with Crippen molar-refractivity contribution in [2.45, 2.75) is 45.1 Å². The van der Waals surface area contributed by atoms with Gasteiger partial charge in [0.05, 0.1) is 5.92 Å². The highest BCUT2D eigenvalue weighted by Crippen LogP contribution is 2.38. The van der Waals surface area contributed by atoms with E-state index in [0.29, 0.717) is 11.8 Å². The van der Waals surface area contributed by atoms with Crippen molar-refractivity contribution in [3.05, 3.63) is 11.7 Å². The quantitative estimate of drug-likeness (QED) is 0.850. The molecule has 2 heterocycles. The van der Waals surface area contributed by atoms with Crippen molar-refractivity contribution < 1.29 is 9.32 Å². The van der Waals surface area contributed by atoms with E-state index in [1.807, 2.05) is 0 Å². The Hall–Kier alpha value is -1.43. The van der Waals surface area contributed by atoms with E-state index in [0.717, 1.165) is 38.2 Å². The van der Waals surface area contributed by atoms with Crippen molar-refractivity contribution in [2.75, 3.05) is 13.1 Å². The van der Waals surface area contributed by atoms with Crippen LogP contribution in [0.25, 0.3) is 0 Å². The second-order valence-corrected chi connectivity index (χ2v) is 6.19. The van der Waals surface area contributed by atoms with Crippen LogP contribution in [0, 0.1) is 11.8 Å². The summed E-state index contributed by atoms with van der Waals surface area (Å²) in [7, 11) is 0. The van der Waals surface area contributed by atoms with E-state index in [1.165, 1.54) is 0 Å². The minimum atomic E-state index is -0.192. The molecule has 2 aliphatic rings. The minimum Gasteiger partial charge on any atom is -0.344 e. The van der Waals surface area contributed by atoms with Crippen LogP contribution in [0.5, 0.6) is 0 Å². The molecule has 2 unspecified atom stereocenters. The maximum Gasteiger partial charge on any atom is 0.249 e. The van der Waals surface area contributed by atoms with Gasteiger partial charge in [0, 0.05) is 12.5 Å². The summed E-state index contributed by atoms with van der Waals surface area (Å²) in [5.41, 5.74) is 0. The fraction of sp³-hybridized carbons (Fsp3) is 0.786. The summed E-state index contributed by atoms with van der Waals surface area (Å²) in [6, 6.07) is -0.192. The average Bonchev–Trinajstić information content (AvgIpc) is 2.95. The number of amides is 1. The normalized spacial score (nSPS) is 24.1. The lowest BCUT2D eigenvalue weighted by atomic mass is 10.0. The van der Waals surface area contributed by atoms with Crippen LogP contribution >= 0.6 is 0 Å². The van der Waals surface area contributed by atoms with Gasteiger partial charge in [-0.3, -0.25) is 4.79 Å². The number of rotatable bonds is 5. The van der Waals surface area contributed by atoms with E-state index in [9.17, 15) is 4.79 Å². The first-order chi connectivity index (χ1) is 9.65. The van der Waals surface area contributed by atoms with Crippen LogP contribution in [-0.2, 0) is 4.79 Å². The third-order valence-corrected chi connectivity index (χ3v) is 4.06. The third-order valence-electron chi connectivity index (χ3n) is 4.06. The monoisotopic (exact) mass is 278 g/mol. The molecule has 20 heavy (non-hydrogen) atoms. The second-order valence-electron chi connectivity index (χ2n) is 6.19. The lowest BCUT2D eigenvalue weighted by molar-refractivity contribution is -0.125. The molecule has 2 atom stereocenters. The molecule has 1 amide bonds. The van der Waals surface area contributed by atoms with Crippen LogP contribution in [0.3, 0.4) is 0 Å². The molecule has 0 bridgehead atoms. The summed E-state index contributed by atoms with van der Waals surface area (Å²) in [5, 5.41) is 10.3. The van der Waals surface area contributed by atoms with Gasteiger partial charge >= 0.3 is 0 Å². The molecule has 6 nitrogen and oxygen atoms in total. The molecule has 0 spiro atoms. The molecule has 1 saturated heterocycles. The molecule has 0 radical (unpaired) electrons. The lowest BCUT2D eigenvalue weighted by Crippen LogP contribution is -2.37. The highest BCUT2D eigenvalue weighted by atomic mass is 16.5. The Kier molecular flexibility index (Phi) is 3.74. The van der Waals surface area contributed by atoms with Gasteiger partial charge in [0.25, 0.3) is 0 Å². The van der Waals surface area contributed by atoms with Gasteiger partial charge in [-0.05, 0) is 31.7 Å². The second kappa shape index (κ2) is 5.52. The summed E-state index contributed by atoms with van der Waals surface area (Å²) in [6.07, 6.45) is 3.19. The number of nitrogens with zero attached hydrogens (tertiary/aromatic N) is 2. The summed E-state index contributed by atoms with van der Waals surface area (Å²) >= 11 is 0. The van der Waals surface area contributed by atoms with Crippen molar-refractivity contribution in [1.82, 2.24) is 20.8 Å². The summed E-state index contributed by atoms with van der Waals surface area (Å²) in [4.78, 5) is 16.7. The Morgan fingerprint density at radius 2 is 2.20 bits per heavy atom. The van der Waals surface area contributed by atoms with Gasteiger partial charge in [0.2, 0.25) is 11.8 Å². The number of nitrogens with one attached hydrogen (secondary N) is 2. The van der Waals surface area contributed by atoms with Crippen molar-refractivity contribution >= 4 is 5.91 Å². The highest BCUT2D eigenvalue weighted by Gasteiger charge is 2.33. The summed E-state index contributed by atoms with van der Waals surface area (Å²) in [5.74, 6) is 2.17. The van der Waals surface area contributed by atoms with Crippen LogP contribution < -0.4 is 10.6 Å². The molecule has 110 valence electrons. The largest absolute Gasteiger partial charge is 0.344 e. The van der Waals surface area contributed by atoms with Crippen molar-refractivity contribution in [3.63, 3.8) is 0 Å². The number of carbonyl (C=O) groups is 1. The zero-order chi connectivity index (χ0) is 14.1. The van der Waals surface area contributed by atoms with E-state index in [1.54, 1.807) is 0 Å². The first-order valence-corrected chi connectivity index (χ1v) is 7.49. The lowest BCUT2D eigenvalue weighted by Gasteiger charge is -2.20. The average molecular weight is 278 g/mol. The molecule has 1 aliphatic heterocycles. The van der Waals surface area contributed by atoms with E-state index in [-0.39, 0.29) is 23.8 Å². The van der Waals surface area contributed by atoms with Crippen LogP contribution in [0.1, 0.15) is 56.8 Å². The van der Waals surface area contributed by atoms with Crippen molar-refractivity contribution in [2.24, 2.45) is 11.8 Å². The molecule has 3 rings (SSSR count). The first kappa shape index (κ1) is 13.5. The van der Waals surface area contributed by atoms with Gasteiger partial charge in [-0.1, -0.05) is 19.0 Å². The topological polar surface area (TPSA) is 80.0 Å². The van der Waals surface area contributed by atoms with E-state index in [2.05, 4.69) is 34.6 Å². The maximum absolute atomic E-state index is 12.2. The molecule has 2 fully saturated rings. The summed E-state index contributed by atoms with van der Waals surface area (Å²) in [6.45, 7) is 5.78. The predicted molar refractivity (Wildman–Crippen MR) is 73.0 cm³/mol.